The van der Waals surface area contributed by atoms with Crippen LogP contribution in [-0.2, 0) is 16.4 Å². The molecule has 0 atom stereocenters. The van der Waals surface area contributed by atoms with E-state index >= 15 is 0 Å². The molecule has 1 saturated heterocycles. The fourth-order valence-corrected chi connectivity index (χ4v) is 4.92. The number of anilines is 1. The first-order valence-corrected chi connectivity index (χ1v) is 11.4. The molecule has 3 rings (SSSR count). The van der Waals surface area contributed by atoms with Crippen LogP contribution in [0.25, 0.3) is 0 Å². The van der Waals surface area contributed by atoms with E-state index in [2.05, 4.69) is 23.5 Å². The molecule has 2 aromatic rings. The van der Waals surface area contributed by atoms with Crippen LogP contribution in [0.15, 0.2) is 53.4 Å². The number of nitrogens with zero attached hydrogens (tertiary/aromatic N) is 1. The van der Waals surface area contributed by atoms with E-state index < -0.39 is 10.0 Å². The van der Waals surface area contributed by atoms with E-state index in [0.29, 0.717) is 10.8 Å². The average molecular weight is 403 g/mol. The van der Waals surface area contributed by atoms with Gasteiger partial charge in [0.2, 0.25) is 10.0 Å². The van der Waals surface area contributed by atoms with Crippen molar-refractivity contribution >= 4 is 15.7 Å². The Kier molecular flexibility index (Phi) is 6.62. The van der Waals surface area contributed by atoms with E-state index in [-0.39, 0.29) is 6.04 Å². The molecular formula is C22H30N2O3S. The molecule has 6 heteroatoms. The predicted molar refractivity (Wildman–Crippen MR) is 114 cm³/mol. The summed E-state index contributed by atoms with van der Waals surface area (Å²) in [6, 6.07) is 15.2. The molecule has 1 N–H and O–H groups in total. The molecule has 0 amide bonds. The van der Waals surface area contributed by atoms with Gasteiger partial charge < -0.3 is 9.64 Å². The van der Waals surface area contributed by atoms with Gasteiger partial charge in [0.05, 0.1) is 12.0 Å². The number of ether oxygens (including phenoxy) is 1. The van der Waals surface area contributed by atoms with Gasteiger partial charge in [-0.1, -0.05) is 26.0 Å². The van der Waals surface area contributed by atoms with Crippen molar-refractivity contribution in [3.63, 3.8) is 0 Å². The molecule has 0 aliphatic carbocycles. The van der Waals surface area contributed by atoms with Crippen molar-refractivity contribution in [1.29, 1.82) is 0 Å². The fourth-order valence-electron chi connectivity index (χ4n) is 3.61. The van der Waals surface area contributed by atoms with Gasteiger partial charge in [0.1, 0.15) is 5.75 Å². The summed E-state index contributed by atoms with van der Waals surface area (Å²) < 4.78 is 33.5. The SMILES string of the molecule is COc1ccc(N2CCC(NS(=O)(=O)c3ccc(CC(C)C)cc3)CC2)cc1. The zero-order valence-corrected chi connectivity index (χ0v) is 17.7. The van der Waals surface area contributed by atoms with Gasteiger partial charge in [0.25, 0.3) is 0 Å². The quantitative estimate of drug-likeness (QED) is 0.764. The first-order chi connectivity index (χ1) is 13.4. The smallest absolute Gasteiger partial charge is 0.240 e. The second-order valence-electron chi connectivity index (χ2n) is 7.82. The third-order valence-electron chi connectivity index (χ3n) is 5.13. The number of methoxy groups -OCH3 is 1. The lowest BCUT2D eigenvalue weighted by Gasteiger charge is -2.33. The summed E-state index contributed by atoms with van der Waals surface area (Å²) in [6.45, 7) is 5.97. The number of hydrogen-bond donors (Lipinski definition) is 1. The van der Waals surface area contributed by atoms with E-state index in [1.807, 2.05) is 36.4 Å². The van der Waals surface area contributed by atoms with Gasteiger partial charge in [-0.05, 0) is 67.1 Å². The topological polar surface area (TPSA) is 58.6 Å². The van der Waals surface area contributed by atoms with Crippen LogP contribution >= 0.6 is 0 Å². The fraction of sp³-hybridized carbons (Fsp3) is 0.455. The maximum Gasteiger partial charge on any atom is 0.240 e. The molecular weight excluding hydrogens is 372 g/mol. The maximum absolute atomic E-state index is 12.7. The number of benzene rings is 2. The zero-order chi connectivity index (χ0) is 20.1. The Hall–Kier alpha value is -2.05. The molecule has 1 aliphatic heterocycles. The first kappa shape index (κ1) is 20.7. The third kappa shape index (κ3) is 5.26. The van der Waals surface area contributed by atoms with Crippen LogP contribution < -0.4 is 14.4 Å². The maximum atomic E-state index is 12.7. The lowest BCUT2D eigenvalue weighted by Crippen LogP contribution is -2.44. The Morgan fingerprint density at radius 2 is 1.64 bits per heavy atom. The Morgan fingerprint density at radius 3 is 2.18 bits per heavy atom. The number of nitrogens with one attached hydrogen (secondary N) is 1. The summed E-state index contributed by atoms with van der Waals surface area (Å²) >= 11 is 0. The number of hydrogen-bond acceptors (Lipinski definition) is 4. The Balaban J connectivity index is 1.57. The molecule has 2 aromatic carbocycles. The molecule has 1 heterocycles. The Labute approximate surface area is 168 Å². The van der Waals surface area contributed by atoms with Crippen molar-refractivity contribution in [3.8, 4) is 5.75 Å². The van der Waals surface area contributed by atoms with Gasteiger partial charge in [0, 0.05) is 24.8 Å². The van der Waals surface area contributed by atoms with Crippen molar-refractivity contribution in [2.75, 3.05) is 25.1 Å². The molecule has 0 saturated carbocycles. The van der Waals surface area contributed by atoms with Crippen LogP contribution in [0.5, 0.6) is 5.75 Å². The zero-order valence-electron chi connectivity index (χ0n) is 16.9. The summed E-state index contributed by atoms with van der Waals surface area (Å²) in [4.78, 5) is 2.63. The lowest BCUT2D eigenvalue weighted by molar-refractivity contribution is 0.414. The van der Waals surface area contributed by atoms with E-state index in [9.17, 15) is 8.42 Å². The summed E-state index contributed by atoms with van der Waals surface area (Å²) in [7, 11) is -1.82. The molecule has 0 radical (unpaired) electrons. The second kappa shape index (κ2) is 8.97. The molecule has 5 nitrogen and oxygen atoms in total. The third-order valence-corrected chi connectivity index (χ3v) is 6.67. The van der Waals surface area contributed by atoms with Crippen LogP contribution in [0, 0.1) is 5.92 Å². The van der Waals surface area contributed by atoms with Gasteiger partial charge in [-0.15, -0.1) is 0 Å². The summed E-state index contributed by atoms with van der Waals surface area (Å²) in [5.74, 6) is 1.39. The van der Waals surface area contributed by atoms with Crippen molar-refractivity contribution in [3.05, 3.63) is 54.1 Å². The highest BCUT2D eigenvalue weighted by atomic mass is 32.2. The van der Waals surface area contributed by atoms with Crippen LogP contribution in [0.4, 0.5) is 5.69 Å². The van der Waals surface area contributed by atoms with E-state index in [1.54, 1.807) is 19.2 Å². The van der Waals surface area contributed by atoms with Crippen molar-refractivity contribution < 1.29 is 13.2 Å². The minimum absolute atomic E-state index is 0.0326. The molecule has 0 bridgehead atoms. The van der Waals surface area contributed by atoms with Gasteiger partial charge >= 0.3 is 0 Å². The summed E-state index contributed by atoms with van der Waals surface area (Å²) in [5.41, 5.74) is 2.31. The minimum Gasteiger partial charge on any atom is -0.497 e. The highest BCUT2D eigenvalue weighted by Crippen LogP contribution is 2.23. The Morgan fingerprint density at radius 1 is 1.04 bits per heavy atom. The molecule has 0 aromatic heterocycles. The van der Waals surface area contributed by atoms with Crippen molar-refractivity contribution in [2.24, 2.45) is 5.92 Å². The van der Waals surface area contributed by atoms with Gasteiger partial charge in [-0.25, -0.2) is 13.1 Å². The standard InChI is InChI=1S/C22H30N2O3S/c1-17(2)16-18-4-10-22(11-5-18)28(25,26)23-19-12-14-24(15-13-19)20-6-8-21(27-3)9-7-20/h4-11,17,19,23H,12-16H2,1-3H3. The average Bonchev–Trinajstić information content (AvgIpc) is 2.68. The molecule has 0 unspecified atom stereocenters. The highest BCUT2D eigenvalue weighted by Gasteiger charge is 2.24. The molecule has 28 heavy (non-hydrogen) atoms. The van der Waals surface area contributed by atoms with Crippen molar-refractivity contribution in [2.45, 2.75) is 44.0 Å². The van der Waals surface area contributed by atoms with Gasteiger partial charge in [-0.3, -0.25) is 0 Å². The van der Waals surface area contributed by atoms with Crippen LogP contribution in [0.2, 0.25) is 0 Å². The molecule has 152 valence electrons. The molecule has 0 spiro atoms. The highest BCUT2D eigenvalue weighted by molar-refractivity contribution is 7.89. The van der Waals surface area contributed by atoms with E-state index in [1.165, 1.54) is 5.56 Å². The predicted octanol–water partition coefficient (Wildman–Crippen LogP) is 3.84. The van der Waals surface area contributed by atoms with Crippen LogP contribution in [-0.4, -0.2) is 34.7 Å². The largest absolute Gasteiger partial charge is 0.497 e. The summed E-state index contributed by atoms with van der Waals surface area (Å²) in [5, 5.41) is 0. The molecule has 1 aliphatic rings. The van der Waals surface area contributed by atoms with Crippen LogP contribution in [0.1, 0.15) is 32.3 Å². The van der Waals surface area contributed by atoms with Crippen LogP contribution in [0.3, 0.4) is 0 Å². The lowest BCUT2D eigenvalue weighted by atomic mass is 10.0. The van der Waals surface area contributed by atoms with E-state index in [0.717, 1.165) is 43.8 Å². The number of rotatable bonds is 7. The number of piperidine rings is 1. The number of sulfonamides is 1. The first-order valence-electron chi connectivity index (χ1n) is 9.87. The van der Waals surface area contributed by atoms with Gasteiger partial charge in [-0.2, -0.15) is 0 Å². The van der Waals surface area contributed by atoms with Gasteiger partial charge in [0.15, 0.2) is 0 Å². The summed E-state index contributed by atoms with van der Waals surface area (Å²) in [6.07, 6.45) is 2.53. The second-order valence-corrected chi connectivity index (χ2v) is 9.54. The Bertz CT molecular complexity index is 854. The van der Waals surface area contributed by atoms with Crippen molar-refractivity contribution in [1.82, 2.24) is 4.72 Å². The minimum atomic E-state index is -3.48. The monoisotopic (exact) mass is 402 g/mol. The van der Waals surface area contributed by atoms with E-state index in [4.69, 9.17) is 4.74 Å². The molecule has 1 fully saturated rings. The normalized spacial score (nSPS) is 15.8.